The van der Waals surface area contributed by atoms with E-state index in [1.54, 1.807) is 30.3 Å². The van der Waals surface area contributed by atoms with Gasteiger partial charge in [-0.15, -0.1) is 0 Å². The summed E-state index contributed by atoms with van der Waals surface area (Å²) < 4.78 is 0. The average molecular weight is 366 g/mol. The number of aryl methyl sites for hydroxylation is 1. The molecule has 1 N–H and O–H groups in total. The molecule has 0 saturated carbocycles. The number of carbonyl (C=O) groups excluding carboxylic acids is 1. The predicted octanol–water partition coefficient (Wildman–Crippen LogP) is 5.50. The van der Waals surface area contributed by atoms with Gasteiger partial charge in [0.2, 0.25) is 0 Å². The van der Waals surface area contributed by atoms with Crippen molar-refractivity contribution in [2.75, 3.05) is 5.32 Å². The number of benzene rings is 2. The van der Waals surface area contributed by atoms with Gasteiger partial charge in [-0.05, 0) is 42.3 Å². The molecule has 0 aliphatic heterocycles. The fourth-order valence-electron chi connectivity index (χ4n) is 1.89. The van der Waals surface area contributed by atoms with Gasteiger partial charge in [-0.2, -0.15) is 5.26 Å². The van der Waals surface area contributed by atoms with E-state index in [-0.39, 0.29) is 5.57 Å². The predicted molar refractivity (Wildman–Crippen MR) is 94.9 cm³/mol. The van der Waals surface area contributed by atoms with Crippen LogP contribution in [0.4, 0.5) is 5.69 Å². The van der Waals surface area contributed by atoms with Crippen LogP contribution in [0.15, 0.2) is 42.0 Å². The van der Waals surface area contributed by atoms with E-state index in [1.807, 2.05) is 19.1 Å². The van der Waals surface area contributed by atoms with Crippen LogP contribution < -0.4 is 5.32 Å². The Morgan fingerprint density at radius 1 is 1.17 bits per heavy atom. The number of halogens is 3. The van der Waals surface area contributed by atoms with Crippen LogP contribution in [0.25, 0.3) is 6.08 Å². The minimum atomic E-state index is -0.560. The number of hydrogen-bond donors (Lipinski definition) is 1. The summed E-state index contributed by atoms with van der Waals surface area (Å²) in [6, 6.07) is 11.9. The Hall–Kier alpha value is -1.99. The Labute approximate surface area is 149 Å². The van der Waals surface area contributed by atoms with E-state index in [2.05, 4.69) is 5.32 Å². The van der Waals surface area contributed by atoms with Crippen molar-refractivity contribution in [3.8, 4) is 6.07 Å². The molecule has 2 aromatic carbocycles. The number of para-hydroxylation sites is 1. The van der Waals surface area contributed by atoms with Crippen LogP contribution in [0, 0.1) is 18.3 Å². The normalized spacial score (nSPS) is 11.0. The molecule has 0 atom stereocenters. The molecule has 0 aromatic heterocycles. The molecule has 0 heterocycles. The van der Waals surface area contributed by atoms with Crippen LogP contribution in [0.5, 0.6) is 0 Å². The number of amides is 1. The van der Waals surface area contributed by atoms with Crippen molar-refractivity contribution in [3.05, 3.63) is 68.2 Å². The van der Waals surface area contributed by atoms with Gasteiger partial charge in [0.1, 0.15) is 11.6 Å². The number of carbonyl (C=O) groups is 1. The molecule has 116 valence electrons. The molecule has 0 fully saturated rings. The highest BCUT2D eigenvalue weighted by Gasteiger charge is 2.13. The van der Waals surface area contributed by atoms with Crippen molar-refractivity contribution in [2.45, 2.75) is 6.92 Å². The molecule has 0 aliphatic rings. The average Bonchev–Trinajstić information content (AvgIpc) is 2.50. The van der Waals surface area contributed by atoms with Gasteiger partial charge in [-0.1, -0.05) is 53.0 Å². The van der Waals surface area contributed by atoms with Crippen LogP contribution in [0.1, 0.15) is 11.1 Å². The van der Waals surface area contributed by atoms with Gasteiger partial charge in [0, 0.05) is 10.0 Å². The van der Waals surface area contributed by atoms with Gasteiger partial charge in [-0.25, -0.2) is 0 Å². The van der Waals surface area contributed by atoms with Gasteiger partial charge < -0.3 is 5.32 Å². The maximum absolute atomic E-state index is 12.3. The van der Waals surface area contributed by atoms with Crippen LogP contribution in [-0.4, -0.2) is 5.91 Å². The van der Waals surface area contributed by atoms with Crippen molar-refractivity contribution < 1.29 is 4.79 Å². The summed E-state index contributed by atoms with van der Waals surface area (Å²) in [6.45, 7) is 1.81. The lowest BCUT2D eigenvalue weighted by molar-refractivity contribution is -0.112. The molecule has 0 aliphatic carbocycles. The van der Waals surface area contributed by atoms with Gasteiger partial charge in [-0.3, -0.25) is 4.79 Å². The topological polar surface area (TPSA) is 52.9 Å². The third-order valence-electron chi connectivity index (χ3n) is 3.09. The van der Waals surface area contributed by atoms with E-state index in [0.29, 0.717) is 26.3 Å². The van der Waals surface area contributed by atoms with Crippen molar-refractivity contribution in [2.24, 2.45) is 0 Å². The zero-order valence-corrected chi connectivity index (χ0v) is 14.3. The third kappa shape index (κ3) is 4.27. The van der Waals surface area contributed by atoms with Gasteiger partial charge in [0.15, 0.2) is 0 Å². The third-order valence-corrected chi connectivity index (χ3v) is 3.97. The van der Waals surface area contributed by atoms with E-state index in [1.165, 1.54) is 6.08 Å². The standard InChI is InChI=1S/C17H11Cl3N2O/c1-10-3-2-4-14(19)16(10)22-17(23)12(9-21)7-11-5-6-13(18)8-15(11)20/h2-8H,1H3,(H,22,23)/b12-7+. The minimum Gasteiger partial charge on any atom is -0.320 e. The van der Waals surface area contributed by atoms with E-state index >= 15 is 0 Å². The molecule has 1 amide bonds. The number of anilines is 1. The number of nitrogens with one attached hydrogen (secondary N) is 1. The molecule has 0 saturated heterocycles. The van der Waals surface area contributed by atoms with E-state index in [4.69, 9.17) is 34.8 Å². The summed E-state index contributed by atoms with van der Waals surface area (Å²) >= 11 is 18.0. The fraction of sp³-hybridized carbons (Fsp3) is 0.0588. The SMILES string of the molecule is Cc1cccc(Cl)c1NC(=O)/C(C#N)=C/c1ccc(Cl)cc1Cl. The lowest BCUT2D eigenvalue weighted by Gasteiger charge is -2.09. The zero-order valence-electron chi connectivity index (χ0n) is 12.0. The molecule has 0 bridgehead atoms. The molecule has 0 radical (unpaired) electrons. The molecule has 23 heavy (non-hydrogen) atoms. The number of rotatable bonds is 3. The highest BCUT2D eigenvalue weighted by atomic mass is 35.5. The molecular formula is C17H11Cl3N2O. The summed E-state index contributed by atoms with van der Waals surface area (Å²) in [6.07, 6.45) is 1.40. The van der Waals surface area contributed by atoms with E-state index in [0.717, 1.165) is 5.56 Å². The highest BCUT2D eigenvalue weighted by Crippen LogP contribution is 2.27. The summed E-state index contributed by atoms with van der Waals surface area (Å²) in [5.41, 5.74) is 1.71. The first-order valence-corrected chi connectivity index (χ1v) is 7.69. The van der Waals surface area contributed by atoms with Crippen LogP contribution in [0.3, 0.4) is 0 Å². The second kappa shape index (κ2) is 7.52. The Kier molecular flexibility index (Phi) is 5.68. The lowest BCUT2D eigenvalue weighted by atomic mass is 10.1. The summed E-state index contributed by atoms with van der Waals surface area (Å²) in [4.78, 5) is 12.3. The molecule has 3 nitrogen and oxygen atoms in total. The Morgan fingerprint density at radius 2 is 1.91 bits per heavy atom. The van der Waals surface area contributed by atoms with Gasteiger partial charge >= 0.3 is 0 Å². The number of nitrogens with zero attached hydrogens (tertiary/aromatic N) is 1. The van der Waals surface area contributed by atoms with Crippen molar-refractivity contribution in [1.82, 2.24) is 0 Å². The summed E-state index contributed by atoms with van der Waals surface area (Å²) in [5, 5.41) is 13.1. The lowest BCUT2D eigenvalue weighted by Crippen LogP contribution is -2.14. The second-order valence-electron chi connectivity index (χ2n) is 4.72. The minimum absolute atomic E-state index is 0.0893. The van der Waals surface area contributed by atoms with Gasteiger partial charge in [0.05, 0.1) is 10.7 Å². The molecule has 2 aromatic rings. The first-order chi connectivity index (χ1) is 10.9. The molecule has 0 unspecified atom stereocenters. The van der Waals surface area contributed by atoms with Crippen LogP contribution >= 0.6 is 34.8 Å². The smallest absolute Gasteiger partial charge is 0.266 e. The van der Waals surface area contributed by atoms with Crippen molar-refractivity contribution in [3.63, 3.8) is 0 Å². The largest absolute Gasteiger partial charge is 0.320 e. The highest BCUT2D eigenvalue weighted by molar-refractivity contribution is 6.36. The van der Waals surface area contributed by atoms with Crippen molar-refractivity contribution in [1.29, 1.82) is 5.26 Å². The van der Waals surface area contributed by atoms with Crippen LogP contribution in [0.2, 0.25) is 15.1 Å². The Balaban J connectivity index is 2.32. The Morgan fingerprint density at radius 3 is 2.52 bits per heavy atom. The quantitative estimate of drug-likeness (QED) is 0.576. The maximum atomic E-state index is 12.3. The number of nitriles is 1. The molecule has 6 heteroatoms. The Bertz CT molecular complexity index is 818. The van der Waals surface area contributed by atoms with Gasteiger partial charge in [0.25, 0.3) is 5.91 Å². The molecule has 2 rings (SSSR count). The van der Waals surface area contributed by atoms with Crippen LogP contribution in [-0.2, 0) is 4.79 Å². The van der Waals surface area contributed by atoms with Crippen molar-refractivity contribution >= 4 is 52.5 Å². The first kappa shape index (κ1) is 17.4. The fourth-order valence-corrected chi connectivity index (χ4v) is 2.63. The van der Waals surface area contributed by atoms with E-state index in [9.17, 15) is 10.1 Å². The molecular weight excluding hydrogens is 355 g/mol. The molecule has 0 spiro atoms. The maximum Gasteiger partial charge on any atom is 0.266 e. The first-order valence-electron chi connectivity index (χ1n) is 6.55. The summed E-state index contributed by atoms with van der Waals surface area (Å²) in [5.74, 6) is -0.560. The van der Waals surface area contributed by atoms with E-state index < -0.39 is 5.91 Å². The number of hydrogen-bond acceptors (Lipinski definition) is 2. The monoisotopic (exact) mass is 364 g/mol. The second-order valence-corrected chi connectivity index (χ2v) is 5.97. The summed E-state index contributed by atoms with van der Waals surface area (Å²) in [7, 11) is 0. The zero-order chi connectivity index (χ0) is 17.0.